The van der Waals surface area contributed by atoms with Gasteiger partial charge in [-0.25, -0.2) is 0 Å². The molecular formula is C26H40. The lowest BCUT2D eigenvalue weighted by atomic mass is 9.59. The second-order valence-corrected chi connectivity index (χ2v) is 10.8. The van der Waals surface area contributed by atoms with Crippen LogP contribution in [0.5, 0.6) is 0 Å². The molecule has 3 unspecified atom stereocenters. The smallest absolute Gasteiger partial charge is 0.0128 e. The summed E-state index contributed by atoms with van der Waals surface area (Å²) in [5.74, 6) is 8.17. The van der Waals surface area contributed by atoms with E-state index in [0.29, 0.717) is 5.92 Å². The molecular weight excluding hydrogens is 312 g/mol. The van der Waals surface area contributed by atoms with Crippen molar-refractivity contribution in [1.29, 1.82) is 0 Å². The quantitative estimate of drug-likeness (QED) is 0.530. The van der Waals surface area contributed by atoms with Gasteiger partial charge in [-0.3, -0.25) is 0 Å². The molecule has 0 heteroatoms. The maximum Gasteiger partial charge on any atom is -0.0128 e. The Morgan fingerprint density at radius 2 is 1.58 bits per heavy atom. The molecule has 2 fully saturated rings. The van der Waals surface area contributed by atoms with Gasteiger partial charge in [0.25, 0.3) is 0 Å². The van der Waals surface area contributed by atoms with E-state index in [2.05, 4.69) is 59.7 Å². The Morgan fingerprint density at radius 3 is 2.23 bits per heavy atom. The summed E-state index contributed by atoms with van der Waals surface area (Å²) in [6.45, 7) is 14.6. The Labute approximate surface area is 162 Å². The highest BCUT2D eigenvalue weighted by atomic mass is 14.6. The van der Waals surface area contributed by atoms with Gasteiger partial charge in [0.15, 0.2) is 0 Å². The third kappa shape index (κ3) is 2.96. The Hall–Kier alpha value is -0.780. The molecule has 1 aromatic rings. The minimum Gasteiger partial charge on any atom is -0.0625 e. The number of hydrogen-bond acceptors (Lipinski definition) is 0. The minimum absolute atomic E-state index is 0.655. The van der Waals surface area contributed by atoms with Crippen LogP contribution in [0.15, 0.2) is 18.2 Å². The first kappa shape index (κ1) is 18.6. The second kappa shape index (κ2) is 6.99. The van der Waals surface area contributed by atoms with E-state index < -0.39 is 0 Å². The van der Waals surface area contributed by atoms with Crippen LogP contribution in [0.4, 0.5) is 0 Å². The molecule has 0 N–H and O–H groups in total. The first-order valence-electron chi connectivity index (χ1n) is 11.5. The first-order chi connectivity index (χ1) is 12.4. The van der Waals surface area contributed by atoms with Crippen LogP contribution < -0.4 is 0 Å². The monoisotopic (exact) mass is 352 g/mol. The van der Waals surface area contributed by atoms with Gasteiger partial charge in [0.05, 0.1) is 0 Å². The lowest BCUT2D eigenvalue weighted by Gasteiger charge is -2.46. The highest BCUT2D eigenvalue weighted by Gasteiger charge is 2.52. The highest BCUT2D eigenvalue weighted by molar-refractivity contribution is 5.39. The maximum atomic E-state index is 2.55. The van der Waals surface area contributed by atoms with Crippen molar-refractivity contribution < 1.29 is 0 Å². The largest absolute Gasteiger partial charge is 0.0625 e. The predicted octanol–water partition coefficient (Wildman–Crippen LogP) is 7.43. The van der Waals surface area contributed by atoms with E-state index >= 15 is 0 Å². The molecule has 2 saturated carbocycles. The molecule has 26 heavy (non-hydrogen) atoms. The summed E-state index contributed by atoms with van der Waals surface area (Å²) in [6, 6.07) is 7.50. The number of fused-ring (bicyclic) bond motifs is 5. The van der Waals surface area contributed by atoms with E-state index in [0.717, 1.165) is 47.3 Å². The van der Waals surface area contributed by atoms with Crippen LogP contribution in [0.1, 0.15) is 95.8 Å². The van der Waals surface area contributed by atoms with E-state index in [-0.39, 0.29) is 0 Å². The fourth-order valence-corrected chi connectivity index (χ4v) is 7.42. The van der Waals surface area contributed by atoms with E-state index in [1.165, 1.54) is 37.7 Å². The van der Waals surface area contributed by atoms with Crippen LogP contribution in [-0.2, 0) is 6.42 Å². The summed E-state index contributed by atoms with van der Waals surface area (Å²) in [6.07, 6.45) is 7.25. The SMILES string of the molecule is CC(C)c1ccc2c(c1)CCC1[C@@H]2CC[C@@H]2C(C(C)C)C(C(C)C)C[C@@H]12. The third-order valence-electron chi connectivity index (χ3n) is 8.57. The number of benzene rings is 1. The molecule has 0 spiro atoms. The van der Waals surface area contributed by atoms with Crippen LogP contribution in [0.2, 0.25) is 0 Å². The van der Waals surface area contributed by atoms with Gasteiger partial charge in [0, 0.05) is 0 Å². The molecule has 144 valence electrons. The van der Waals surface area contributed by atoms with Gasteiger partial charge in [0.1, 0.15) is 0 Å². The number of rotatable bonds is 3. The van der Waals surface area contributed by atoms with Crippen molar-refractivity contribution >= 4 is 0 Å². The summed E-state index contributed by atoms with van der Waals surface area (Å²) < 4.78 is 0. The van der Waals surface area contributed by atoms with Crippen LogP contribution >= 0.6 is 0 Å². The topological polar surface area (TPSA) is 0 Å². The summed E-state index contributed by atoms with van der Waals surface area (Å²) in [5.41, 5.74) is 4.96. The molecule has 4 rings (SSSR count). The van der Waals surface area contributed by atoms with Crippen molar-refractivity contribution in [3.8, 4) is 0 Å². The van der Waals surface area contributed by atoms with Crippen LogP contribution in [0, 0.1) is 41.4 Å². The molecule has 0 nitrogen and oxygen atoms in total. The maximum absolute atomic E-state index is 2.55. The lowest BCUT2D eigenvalue weighted by molar-refractivity contribution is 0.0962. The zero-order chi connectivity index (χ0) is 18.6. The van der Waals surface area contributed by atoms with Crippen LogP contribution in [-0.4, -0.2) is 0 Å². The van der Waals surface area contributed by atoms with Gasteiger partial charge in [-0.15, -0.1) is 0 Å². The van der Waals surface area contributed by atoms with Gasteiger partial charge in [-0.05, 0) is 102 Å². The Bertz CT molecular complexity index is 637. The van der Waals surface area contributed by atoms with E-state index in [1.54, 1.807) is 11.1 Å². The highest BCUT2D eigenvalue weighted by Crippen LogP contribution is 2.60. The standard InChI is InChI=1S/C26H40/c1-15(2)18-7-9-20-19(13-18)8-10-22-21(20)11-12-23-25(22)14-24(16(3)4)26(23)17(5)6/h7,9,13,15-17,21-26H,8,10-12,14H2,1-6H3/t21-,22?,23+,24?,25+,26?/m1/s1. The van der Waals surface area contributed by atoms with Gasteiger partial charge in [0.2, 0.25) is 0 Å². The van der Waals surface area contributed by atoms with E-state index in [9.17, 15) is 0 Å². The molecule has 3 aliphatic carbocycles. The molecule has 6 atom stereocenters. The van der Waals surface area contributed by atoms with E-state index in [4.69, 9.17) is 0 Å². The molecule has 0 saturated heterocycles. The fraction of sp³-hybridized carbons (Fsp3) is 0.769. The summed E-state index contributed by atoms with van der Waals surface area (Å²) in [4.78, 5) is 0. The zero-order valence-corrected chi connectivity index (χ0v) is 18.0. The van der Waals surface area contributed by atoms with E-state index in [1.807, 2.05) is 0 Å². The predicted molar refractivity (Wildman–Crippen MR) is 113 cm³/mol. The zero-order valence-electron chi connectivity index (χ0n) is 18.0. The molecule has 0 radical (unpaired) electrons. The van der Waals surface area contributed by atoms with Crippen molar-refractivity contribution in [2.24, 2.45) is 41.4 Å². The fourth-order valence-electron chi connectivity index (χ4n) is 7.42. The molecule has 0 aromatic heterocycles. The van der Waals surface area contributed by atoms with Crippen molar-refractivity contribution in [2.45, 2.75) is 85.5 Å². The summed E-state index contributed by atoms with van der Waals surface area (Å²) in [7, 11) is 0. The lowest BCUT2D eigenvalue weighted by Crippen LogP contribution is -2.36. The van der Waals surface area contributed by atoms with Gasteiger partial charge in [-0.1, -0.05) is 59.7 Å². The van der Waals surface area contributed by atoms with Crippen LogP contribution in [0.25, 0.3) is 0 Å². The third-order valence-corrected chi connectivity index (χ3v) is 8.57. The van der Waals surface area contributed by atoms with Gasteiger partial charge < -0.3 is 0 Å². The molecule has 0 amide bonds. The Balaban J connectivity index is 1.62. The van der Waals surface area contributed by atoms with Crippen molar-refractivity contribution in [3.63, 3.8) is 0 Å². The number of hydrogen-bond donors (Lipinski definition) is 0. The molecule has 0 heterocycles. The minimum atomic E-state index is 0.655. The molecule has 0 bridgehead atoms. The normalized spacial score (nSPS) is 36.3. The summed E-state index contributed by atoms with van der Waals surface area (Å²) in [5, 5.41) is 0. The Morgan fingerprint density at radius 1 is 0.808 bits per heavy atom. The van der Waals surface area contributed by atoms with Gasteiger partial charge >= 0.3 is 0 Å². The molecule has 0 aliphatic heterocycles. The van der Waals surface area contributed by atoms with Crippen LogP contribution in [0.3, 0.4) is 0 Å². The molecule has 3 aliphatic rings. The number of aryl methyl sites for hydroxylation is 1. The average Bonchev–Trinajstić information content (AvgIpc) is 3.01. The van der Waals surface area contributed by atoms with Gasteiger partial charge in [-0.2, -0.15) is 0 Å². The second-order valence-electron chi connectivity index (χ2n) is 10.8. The Kier molecular flexibility index (Phi) is 4.99. The first-order valence-corrected chi connectivity index (χ1v) is 11.5. The summed E-state index contributed by atoms with van der Waals surface area (Å²) >= 11 is 0. The van der Waals surface area contributed by atoms with Crippen molar-refractivity contribution in [1.82, 2.24) is 0 Å². The van der Waals surface area contributed by atoms with Crippen molar-refractivity contribution in [3.05, 3.63) is 34.9 Å². The average molecular weight is 353 g/mol. The van der Waals surface area contributed by atoms with Crippen molar-refractivity contribution in [2.75, 3.05) is 0 Å². The molecule has 1 aromatic carbocycles.